The number of pyridine rings is 3. The third-order valence-corrected chi connectivity index (χ3v) is 8.78. The van der Waals surface area contributed by atoms with Gasteiger partial charge in [-0.15, -0.1) is 0 Å². The van der Waals surface area contributed by atoms with Crippen LogP contribution in [0.3, 0.4) is 0 Å². The largest absolute Gasteiger partial charge is 0.474 e. The maximum absolute atomic E-state index is 12.1. The van der Waals surface area contributed by atoms with Gasteiger partial charge in [0.1, 0.15) is 21.5 Å². The second-order valence-electron chi connectivity index (χ2n) is 10.4. The number of nitrogens with one attached hydrogen (secondary N) is 1. The van der Waals surface area contributed by atoms with Crippen molar-refractivity contribution in [3.63, 3.8) is 0 Å². The lowest BCUT2D eigenvalue weighted by Crippen LogP contribution is -2.32. The molecule has 0 saturated heterocycles. The molecule has 4 rings (SSSR count). The van der Waals surface area contributed by atoms with Crippen LogP contribution in [0.4, 0.5) is 11.6 Å². The Morgan fingerprint density at radius 1 is 1.21 bits per heavy atom. The highest BCUT2D eigenvalue weighted by atomic mass is 32.2. The molecule has 0 amide bonds. The summed E-state index contributed by atoms with van der Waals surface area (Å²) < 4.78 is 35.1. The van der Waals surface area contributed by atoms with Crippen molar-refractivity contribution in [1.82, 2.24) is 15.0 Å². The minimum absolute atomic E-state index is 0.0127. The number of hydrogen-bond acceptors (Lipinski definition) is 10. The number of anilines is 2. The number of nitrogens with two attached hydrogens (primary N) is 1. The summed E-state index contributed by atoms with van der Waals surface area (Å²) in [6, 6.07) is 5.30. The first kappa shape index (κ1) is 27.7. The third kappa shape index (κ3) is 5.73. The molecule has 0 fully saturated rings. The van der Waals surface area contributed by atoms with E-state index >= 15 is 0 Å². The number of rotatable bonds is 9. The van der Waals surface area contributed by atoms with E-state index in [1.54, 1.807) is 31.5 Å². The maximum Gasteiger partial charge on any atom is 0.340 e. The van der Waals surface area contributed by atoms with Crippen LogP contribution in [0.1, 0.15) is 75.0 Å². The molecule has 38 heavy (non-hydrogen) atoms. The lowest BCUT2D eigenvalue weighted by atomic mass is 9.88. The van der Waals surface area contributed by atoms with Crippen LogP contribution in [-0.4, -0.2) is 53.6 Å². The lowest BCUT2D eigenvalue weighted by Gasteiger charge is -2.26. The first-order chi connectivity index (χ1) is 17.8. The van der Waals surface area contributed by atoms with Crippen molar-refractivity contribution < 1.29 is 22.7 Å². The number of cyclic esters (lactones) is 1. The van der Waals surface area contributed by atoms with Gasteiger partial charge in [-0.05, 0) is 56.3 Å². The quantitative estimate of drug-likeness (QED) is 0.377. The molecule has 4 heterocycles. The molecule has 1 aliphatic rings. The molecule has 0 aliphatic carbocycles. The third-order valence-electron chi connectivity index (χ3n) is 7.12. The molecule has 11 heteroatoms. The standard InChI is InChI=1S/C27H35N5O5S/c1-7-27(5,28)21-13-30-25(37-16(3)10-17(4)38(6,34)35)20-12-29-23(11-19(20)21)31-22-9-8-18-24(32-22)15(2)14-36-26(18)33/h8-9,11-13,15-17H,7,10,14,28H2,1-6H3,(H,29,31,32)/t15-,16+,17+,27?/m0/s1. The van der Waals surface area contributed by atoms with Gasteiger partial charge in [0.25, 0.3) is 0 Å². The topological polar surface area (TPSA) is 146 Å². The predicted octanol–water partition coefficient (Wildman–Crippen LogP) is 4.22. The van der Waals surface area contributed by atoms with E-state index < -0.39 is 20.6 Å². The van der Waals surface area contributed by atoms with E-state index in [-0.39, 0.29) is 18.0 Å². The van der Waals surface area contributed by atoms with E-state index in [0.717, 1.165) is 10.9 Å². The number of fused-ring (bicyclic) bond motifs is 2. The fourth-order valence-corrected chi connectivity index (χ4v) is 5.00. The molecule has 0 radical (unpaired) electrons. The number of sulfone groups is 1. The summed E-state index contributed by atoms with van der Waals surface area (Å²) in [5, 5.41) is 4.18. The van der Waals surface area contributed by atoms with Crippen molar-refractivity contribution in [2.24, 2.45) is 5.73 Å². The second-order valence-corrected chi connectivity index (χ2v) is 12.9. The van der Waals surface area contributed by atoms with Crippen LogP contribution in [-0.2, 0) is 20.1 Å². The fraction of sp³-hybridized carbons (Fsp3) is 0.481. The second kappa shape index (κ2) is 10.5. The van der Waals surface area contributed by atoms with Crippen LogP contribution in [0.2, 0.25) is 0 Å². The number of carbonyl (C=O) groups excluding carboxylic acids is 1. The van der Waals surface area contributed by atoms with Crippen LogP contribution < -0.4 is 15.8 Å². The zero-order valence-corrected chi connectivity index (χ0v) is 23.4. The van der Waals surface area contributed by atoms with Gasteiger partial charge in [-0.25, -0.2) is 28.2 Å². The first-order valence-electron chi connectivity index (χ1n) is 12.7. The predicted molar refractivity (Wildman–Crippen MR) is 147 cm³/mol. The summed E-state index contributed by atoms with van der Waals surface area (Å²) in [7, 11) is -3.18. The molecule has 0 saturated carbocycles. The Morgan fingerprint density at radius 2 is 1.95 bits per heavy atom. The van der Waals surface area contributed by atoms with Crippen molar-refractivity contribution in [1.29, 1.82) is 0 Å². The number of hydrogen-bond donors (Lipinski definition) is 2. The first-order valence-corrected chi connectivity index (χ1v) is 14.6. The van der Waals surface area contributed by atoms with Gasteiger partial charge in [-0.2, -0.15) is 0 Å². The minimum Gasteiger partial charge on any atom is -0.474 e. The Labute approximate surface area is 223 Å². The average Bonchev–Trinajstić information content (AvgIpc) is 2.85. The molecule has 1 aliphatic heterocycles. The molecular formula is C27H35N5O5S. The monoisotopic (exact) mass is 541 g/mol. The van der Waals surface area contributed by atoms with E-state index in [9.17, 15) is 13.2 Å². The van der Waals surface area contributed by atoms with Gasteiger partial charge in [-0.3, -0.25) is 0 Å². The number of ether oxygens (including phenoxy) is 2. The average molecular weight is 542 g/mol. The lowest BCUT2D eigenvalue weighted by molar-refractivity contribution is 0.0445. The Hall–Kier alpha value is -3.31. The van der Waals surface area contributed by atoms with E-state index in [0.29, 0.717) is 53.6 Å². The Morgan fingerprint density at radius 3 is 2.63 bits per heavy atom. The van der Waals surface area contributed by atoms with Crippen molar-refractivity contribution in [3.05, 3.63) is 47.4 Å². The maximum atomic E-state index is 12.1. The summed E-state index contributed by atoms with van der Waals surface area (Å²) >= 11 is 0. The molecule has 3 N–H and O–H groups in total. The van der Waals surface area contributed by atoms with E-state index in [4.69, 9.17) is 15.2 Å². The zero-order chi connectivity index (χ0) is 27.8. The smallest absolute Gasteiger partial charge is 0.340 e. The highest BCUT2D eigenvalue weighted by Gasteiger charge is 2.27. The zero-order valence-electron chi connectivity index (χ0n) is 22.6. The highest BCUT2D eigenvalue weighted by molar-refractivity contribution is 7.91. The Balaban J connectivity index is 1.70. The van der Waals surface area contributed by atoms with Crippen LogP contribution in [0, 0.1) is 0 Å². The molecule has 0 aromatic carbocycles. The fourth-order valence-electron chi connectivity index (χ4n) is 4.38. The molecule has 3 aromatic heterocycles. The highest BCUT2D eigenvalue weighted by Crippen LogP contribution is 2.35. The normalized spacial score (nSPS) is 18.7. The van der Waals surface area contributed by atoms with Crippen LogP contribution in [0.5, 0.6) is 5.88 Å². The van der Waals surface area contributed by atoms with E-state index in [2.05, 4.69) is 20.3 Å². The van der Waals surface area contributed by atoms with Gasteiger partial charge in [0.15, 0.2) is 0 Å². The molecular weight excluding hydrogens is 506 g/mol. The van der Waals surface area contributed by atoms with Crippen LogP contribution >= 0.6 is 0 Å². The Kier molecular flexibility index (Phi) is 7.62. The van der Waals surface area contributed by atoms with Gasteiger partial charge in [-0.1, -0.05) is 13.8 Å². The summed E-state index contributed by atoms with van der Waals surface area (Å²) in [5.74, 6) is 1.08. The summed E-state index contributed by atoms with van der Waals surface area (Å²) in [4.78, 5) is 25.8. The number of esters is 1. The van der Waals surface area contributed by atoms with Crippen molar-refractivity contribution >= 4 is 38.2 Å². The number of carbonyl (C=O) groups is 1. The van der Waals surface area contributed by atoms with Crippen molar-refractivity contribution in [3.8, 4) is 5.88 Å². The molecule has 0 bridgehead atoms. The van der Waals surface area contributed by atoms with Gasteiger partial charge in [0, 0.05) is 36.5 Å². The van der Waals surface area contributed by atoms with Crippen molar-refractivity contribution in [2.75, 3.05) is 18.2 Å². The molecule has 1 unspecified atom stereocenters. The molecule has 4 atom stereocenters. The van der Waals surface area contributed by atoms with Gasteiger partial charge in [0.05, 0.1) is 34.6 Å². The number of aromatic nitrogens is 3. The summed E-state index contributed by atoms with van der Waals surface area (Å²) in [6.07, 6.45) is 5.22. The van der Waals surface area contributed by atoms with E-state index in [1.165, 1.54) is 6.26 Å². The SMILES string of the molecule is CCC(C)(N)c1cnc(O[C@H](C)C[C@@H](C)S(C)(=O)=O)c2cnc(Nc3ccc4c(n3)[C@@H](C)COC4=O)cc12. The Bertz CT molecular complexity index is 1470. The van der Waals surface area contributed by atoms with Gasteiger partial charge >= 0.3 is 5.97 Å². The van der Waals surface area contributed by atoms with Crippen molar-refractivity contribution in [2.45, 2.75) is 70.3 Å². The molecule has 0 spiro atoms. The van der Waals surface area contributed by atoms with Crippen LogP contribution in [0.15, 0.2) is 30.6 Å². The van der Waals surface area contributed by atoms with Gasteiger partial charge < -0.3 is 20.5 Å². The summed E-state index contributed by atoms with van der Waals surface area (Å²) in [6.45, 7) is 9.70. The summed E-state index contributed by atoms with van der Waals surface area (Å²) in [5.41, 5.74) is 7.97. The molecule has 10 nitrogen and oxygen atoms in total. The molecule has 3 aromatic rings. The van der Waals surface area contributed by atoms with Gasteiger partial charge in [0.2, 0.25) is 5.88 Å². The van der Waals surface area contributed by atoms with E-state index in [1.807, 2.05) is 33.8 Å². The molecule has 204 valence electrons. The van der Waals surface area contributed by atoms with Crippen LogP contribution in [0.25, 0.3) is 10.8 Å². The number of nitrogens with zero attached hydrogens (tertiary/aromatic N) is 3. The minimum atomic E-state index is -3.18.